The first-order valence-corrected chi connectivity index (χ1v) is 8.96. The first kappa shape index (κ1) is 17.7. The van der Waals surface area contributed by atoms with Gasteiger partial charge in [-0.25, -0.2) is 4.98 Å². The zero-order valence-electron chi connectivity index (χ0n) is 15.9. The van der Waals surface area contributed by atoms with Crippen LogP contribution in [-0.2, 0) is 10.3 Å². The number of nitrogens with zero attached hydrogens (tertiary/aromatic N) is 4. The predicted molar refractivity (Wildman–Crippen MR) is 106 cm³/mol. The summed E-state index contributed by atoms with van der Waals surface area (Å²) in [4.78, 5) is 18.2. The number of para-hydroxylation sites is 1. The number of imidazole rings is 1. The zero-order valence-corrected chi connectivity index (χ0v) is 15.9. The van der Waals surface area contributed by atoms with Gasteiger partial charge in [-0.1, -0.05) is 18.2 Å². The Labute approximate surface area is 162 Å². The van der Waals surface area contributed by atoms with Crippen LogP contribution in [0.3, 0.4) is 0 Å². The number of guanidine groups is 1. The summed E-state index contributed by atoms with van der Waals surface area (Å²) in [6.07, 6.45) is 0.261. The van der Waals surface area contributed by atoms with Crippen molar-refractivity contribution in [2.24, 2.45) is 0 Å². The van der Waals surface area contributed by atoms with Crippen molar-refractivity contribution in [3.05, 3.63) is 59.4 Å². The average Bonchev–Trinajstić information content (AvgIpc) is 3.02. The van der Waals surface area contributed by atoms with Crippen LogP contribution in [0.5, 0.6) is 0 Å². The molecule has 28 heavy (non-hydrogen) atoms. The van der Waals surface area contributed by atoms with E-state index in [1.54, 1.807) is 13.1 Å². The van der Waals surface area contributed by atoms with Gasteiger partial charge in [-0.2, -0.15) is 5.26 Å². The van der Waals surface area contributed by atoms with Crippen molar-refractivity contribution in [1.29, 1.82) is 10.7 Å². The van der Waals surface area contributed by atoms with E-state index in [0.717, 1.165) is 22.6 Å². The van der Waals surface area contributed by atoms with Crippen molar-refractivity contribution in [3.8, 4) is 11.8 Å². The molecule has 1 aromatic heterocycles. The lowest BCUT2D eigenvalue weighted by atomic mass is 9.86. The first-order chi connectivity index (χ1) is 13.3. The fraction of sp³-hybridized carbons (Fsp3) is 0.238. The Balaban J connectivity index is 1.84. The van der Waals surface area contributed by atoms with E-state index in [2.05, 4.69) is 16.4 Å². The molecule has 1 amide bonds. The van der Waals surface area contributed by atoms with Gasteiger partial charge in [0.05, 0.1) is 23.0 Å². The third kappa shape index (κ3) is 2.62. The third-order valence-electron chi connectivity index (χ3n) is 5.32. The summed E-state index contributed by atoms with van der Waals surface area (Å²) in [5.41, 5.74) is 3.21. The van der Waals surface area contributed by atoms with Crippen molar-refractivity contribution in [3.63, 3.8) is 0 Å². The molecule has 1 saturated heterocycles. The van der Waals surface area contributed by atoms with Crippen LogP contribution in [0, 0.1) is 23.7 Å². The number of hydrogen-bond acceptors (Lipinski definition) is 4. The molecule has 2 heterocycles. The van der Waals surface area contributed by atoms with Crippen molar-refractivity contribution < 1.29 is 4.79 Å². The number of benzene rings is 2. The number of fused-ring (bicyclic) bond motifs is 1. The molecule has 1 aliphatic rings. The second kappa shape index (κ2) is 6.20. The van der Waals surface area contributed by atoms with Gasteiger partial charge >= 0.3 is 0 Å². The highest BCUT2D eigenvalue weighted by molar-refractivity contribution is 5.98. The maximum absolute atomic E-state index is 12.3. The highest BCUT2D eigenvalue weighted by Gasteiger charge is 2.38. The average molecular weight is 372 g/mol. The lowest BCUT2D eigenvalue weighted by molar-refractivity contribution is -0.129. The molecule has 7 nitrogen and oxygen atoms in total. The molecule has 0 bridgehead atoms. The molecule has 2 N–H and O–H groups in total. The molecule has 4 rings (SSSR count). The smallest absolute Gasteiger partial charge is 0.231 e. The van der Waals surface area contributed by atoms with E-state index in [4.69, 9.17) is 5.41 Å². The number of carbonyl (C=O) groups is 1. The highest BCUT2D eigenvalue weighted by atomic mass is 16.2. The molecule has 0 spiro atoms. The number of nitriles is 1. The molecular formula is C21H20N6O. The quantitative estimate of drug-likeness (QED) is 0.723. The number of carbonyl (C=O) groups excluding carboxylic acids is 1. The summed E-state index contributed by atoms with van der Waals surface area (Å²) >= 11 is 0. The Bertz CT molecular complexity index is 1150. The molecule has 3 aromatic rings. The molecular weight excluding hydrogens is 352 g/mol. The van der Waals surface area contributed by atoms with Gasteiger partial charge in [0, 0.05) is 12.7 Å². The minimum absolute atomic E-state index is 0.0899. The van der Waals surface area contributed by atoms with E-state index >= 15 is 0 Å². The molecule has 2 aromatic carbocycles. The lowest BCUT2D eigenvalue weighted by Gasteiger charge is -2.39. The van der Waals surface area contributed by atoms with Crippen LogP contribution in [-0.4, -0.2) is 33.4 Å². The molecule has 0 radical (unpaired) electrons. The normalized spacial score (nSPS) is 19.6. The summed E-state index contributed by atoms with van der Waals surface area (Å²) in [5.74, 6) is 0.770. The number of aromatic nitrogens is 2. The number of aryl methyl sites for hydroxylation is 1. The monoisotopic (exact) mass is 372 g/mol. The summed E-state index contributed by atoms with van der Waals surface area (Å²) in [6.45, 7) is 3.83. The third-order valence-corrected chi connectivity index (χ3v) is 5.32. The highest BCUT2D eigenvalue weighted by Crippen LogP contribution is 2.31. The van der Waals surface area contributed by atoms with E-state index in [-0.39, 0.29) is 18.3 Å². The van der Waals surface area contributed by atoms with E-state index in [0.29, 0.717) is 11.1 Å². The fourth-order valence-electron chi connectivity index (χ4n) is 3.73. The van der Waals surface area contributed by atoms with Gasteiger partial charge in [0.1, 0.15) is 17.4 Å². The van der Waals surface area contributed by atoms with E-state index in [9.17, 15) is 10.1 Å². The SMILES string of the molecule is Cc1nc2c(C#N)cccc2n1-c1cccc(C2(C)CC(=O)N(C)C(=N)N2)c1. The molecule has 7 heteroatoms. The molecule has 1 unspecified atom stereocenters. The fourth-order valence-corrected chi connectivity index (χ4v) is 3.73. The van der Waals surface area contributed by atoms with E-state index < -0.39 is 5.54 Å². The number of nitrogens with one attached hydrogen (secondary N) is 2. The topological polar surface area (TPSA) is 97.8 Å². The van der Waals surface area contributed by atoms with Gasteiger partial charge in [-0.05, 0) is 43.7 Å². The second-order valence-electron chi connectivity index (χ2n) is 7.27. The maximum atomic E-state index is 12.3. The minimum atomic E-state index is -0.668. The second-order valence-corrected chi connectivity index (χ2v) is 7.27. The summed E-state index contributed by atoms with van der Waals surface area (Å²) < 4.78 is 2.01. The predicted octanol–water partition coefficient (Wildman–Crippen LogP) is 2.81. The molecule has 0 aliphatic carbocycles. The van der Waals surface area contributed by atoms with Gasteiger partial charge in [-0.15, -0.1) is 0 Å². The molecule has 1 aliphatic heterocycles. The van der Waals surface area contributed by atoms with Crippen molar-refractivity contribution >= 4 is 22.9 Å². The van der Waals surface area contributed by atoms with Gasteiger partial charge in [0.25, 0.3) is 0 Å². The van der Waals surface area contributed by atoms with Crippen molar-refractivity contribution in [2.75, 3.05) is 7.05 Å². The Morgan fingerprint density at radius 1 is 1.29 bits per heavy atom. The summed E-state index contributed by atoms with van der Waals surface area (Å²) in [6, 6.07) is 15.6. The van der Waals surface area contributed by atoms with Crippen molar-refractivity contribution in [1.82, 2.24) is 19.8 Å². The number of amides is 1. The van der Waals surface area contributed by atoms with Crippen LogP contribution in [0.4, 0.5) is 0 Å². The van der Waals surface area contributed by atoms with Gasteiger partial charge in [0.2, 0.25) is 5.91 Å². The zero-order chi connectivity index (χ0) is 20.1. The largest absolute Gasteiger partial charge is 0.346 e. The molecule has 1 atom stereocenters. The van der Waals surface area contributed by atoms with Crippen LogP contribution < -0.4 is 5.32 Å². The van der Waals surface area contributed by atoms with Crippen LogP contribution >= 0.6 is 0 Å². The van der Waals surface area contributed by atoms with Gasteiger partial charge in [0.15, 0.2) is 5.96 Å². The van der Waals surface area contributed by atoms with Gasteiger partial charge < -0.3 is 5.32 Å². The lowest BCUT2D eigenvalue weighted by Crippen LogP contribution is -2.58. The minimum Gasteiger partial charge on any atom is -0.346 e. The Morgan fingerprint density at radius 3 is 2.75 bits per heavy atom. The van der Waals surface area contributed by atoms with Crippen LogP contribution in [0.1, 0.15) is 30.3 Å². The molecule has 0 saturated carbocycles. The first-order valence-electron chi connectivity index (χ1n) is 8.96. The van der Waals surface area contributed by atoms with E-state index in [1.807, 2.05) is 54.8 Å². The summed E-state index contributed by atoms with van der Waals surface area (Å²) in [5, 5.41) is 20.6. The maximum Gasteiger partial charge on any atom is 0.231 e. The number of rotatable bonds is 2. The standard InChI is InChI=1S/C21H20N6O/c1-13-24-19-14(12-22)6-4-9-17(19)27(13)16-8-5-7-15(10-16)21(2)11-18(28)26(3)20(23)25-21/h4-10H,11H2,1-3H3,(H2,23,25). The van der Waals surface area contributed by atoms with Gasteiger partial charge in [-0.3, -0.25) is 19.7 Å². The summed E-state index contributed by atoms with van der Waals surface area (Å²) in [7, 11) is 1.60. The Morgan fingerprint density at radius 2 is 2.04 bits per heavy atom. The van der Waals surface area contributed by atoms with Crippen LogP contribution in [0.15, 0.2) is 42.5 Å². The Kier molecular flexibility index (Phi) is 3.93. The van der Waals surface area contributed by atoms with E-state index in [1.165, 1.54) is 4.90 Å². The number of hydrogen-bond donors (Lipinski definition) is 2. The molecule has 140 valence electrons. The van der Waals surface area contributed by atoms with Crippen molar-refractivity contribution in [2.45, 2.75) is 25.8 Å². The Hall–Kier alpha value is -3.66. The molecule has 1 fully saturated rings. The van der Waals surface area contributed by atoms with Crippen LogP contribution in [0.25, 0.3) is 16.7 Å². The van der Waals surface area contributed by atoms with Crippen LogP contribution in [0.2, 0.25) is 0 Å².